The molecule has 1 saturated carbocycles. The van der Waals surface area contributed by atoms with E-state index in [0.29, 0.717) is 18.9 Å². The maximum Gasteiger partial charge on any atom is 0.227 e. The fourth-order valence-electron chi connectivity index (χ4n) is 3.41. The fraction of sp³-hybridized carbons (Fsp3) is 0.933. The molecule has 110 valence electrons. The zero-order chi connectivity index (χ0) is 14.0. The summed E-state index contributed by atoms with van der Waals surface area (Å²) >= 11 is 0. The molecular formula is C15H28N2O2. The van der Waals surface area contributed by atoms with Crippen molar-refractivity contribution in [1.29, 1.82) is 0 Å². The summed E-state index contributed by atoms with van der Waals surface area (Å²) in [7, 11) is 0. The van der Waals surface area contributed by atoms with Crippen molar-refractivity contribution in [2.75, 3.05) is 13.1 Å². The van der Waals surface area contributed by atoms with Crippen LogP contribution in [0.1, 0.15) is 52.4 Å². The van der Waals surface area contributed by atoms with Crippen LogP contribution in [0.25, 0.3) is 0 Å². The molecule has 2 aliphatic rings. The quantitative estimate of drug-likeness (QED) is 0.757. The Labute approximate surface area is 116 Å². The van der Waals surface area contributed by atoms with Gasteiger partial charge in [0.2, 0.25) is 5.91 Å². The molecule has 3 N–H and O–H groups in total. The third kappa shape index (κ3) is 3.69. The minimum atomic E-state index is -0.614. The first-order chi connectivity index (χ1) is 8.89. The van der Waals surface area contributed by atoms with E-state index in [-0.39, 0.29) is 17.9 Å². The molecule has 0 aromatic heterocycles. The van der Waals surface area contributed by atoms with Crippen molar-refractivity contribution >= 4 is 5.91 Å². The second-order valence-corrected chi connectivity index (χ2v) is 6.86. The summed E-state index contributed by atoms with van der Waals surface area (Å²) in [6.45, 7) is 5.52. The number of carbonyl (C=O) groups excluding carboxylic acids is 1. The molecule has 4 nitrogen and oxygen atoms in total. The van der Waals surface area contributed by atoms with E-state index in [9.17, 15) is 9.90 Å². The highest BCUT2D eigenvalue weighted by atomic mass is 16.3. The van der Waals surface area contributed by atoms with Gasteiger partial charge in [0.15, 0.2) is 0 Å². The van der Waals surface area contributed by atoms with Crippen LogP contribution in [0.3, 0.4) is 0 Å². The van der Waals surface area contributed by atoms with E-state index in [1.807, 2.05) is 11.8 Å². The first-order valence-electron chi connectivity index (χ1n) is 7.66. The highest BCUT2D eigenvalue weighted by molar-refractivity contribution is 5.79. The Morgan fingerprint density at radius 2 is 2.05 bits per heavy atom. The number of amides is 1. The lowest BCUT2D eigenvalue weighted by atomic mass is 9.78. The average molecular weight is 268 g/mol. The molecule has 1 saturated heterocycles. The fourth-order valence-corrected chi connectivity index (χ4v) is 3.41. The minimum Gasteiger partial charge on any atom is -0.390 e. The number of aliphatic hydroxyl groups is 1. The van der Waals surface area contributed by atoms with Crippen molar-refractivity contribution in [1.82, 2.24) is 4.90 Å². The Morgan fingerprint density at radius 3 is 2.79 bits per heavy atom. The van der Waals surface area contributed by atoms with E-state index in [4.69, 9.17) is 5.73 Å². The number of nitrogens with zero attached hydrogens (tertiary/aromatic N) is 1. The summed E-state index contributed by atoms with van der Waals surface area (Å²) in [6, 6.07) is 0.0208. The molecule has 0 spiro atoms. The predicted molar refractivity (Wildman–Crippen MR) is 75.5 cm³/mol. The van der Waals surface area contributed by atoms with Crippen LogP contribution < -0.4 is 5.73 Å². The van der Waals surface area contributed by atoms with Gasteiger partial charge in [-0.2, -0.15) is 0 Å². The van der Waals surface area contributed by atoms with E-state index in [1.165, 1.54) is 0 Å². The number of rotatable bonds is 1. The van der Waals surface area contributed by atoms with Gasteiger partial charge in [-0.3, -0.25) is 4.79 Å². The number of likely N-dealkylation sites (tertiary alicyclic amines) is 1. The van der Waals surface area contributed by atoms with Crippen LogP contribution in [0.4, 0.5) is 0 Å². The van der Waals surface area contributed by atoms with Crippen molar-refractivity contribution in [2.45, 2.75) is 64.0 Å². The largest absolute Gasteiger partial charge is 0.390 e. The normalized spacial score (nSPS) is 40.8. The second-order valence-electron chi connectivity index (χ2n) is 6.86. The number of carbonyl (C=O) groups is 1. The maximum atomic E-state index is 12.6. The molecule has 2 rings (SSSR count). The van der Waals surface area contributed by atoms with Gasteiger partial charge in [-0.1, -0.05) is 6.92 Å². The molecular weight excluding hydrogens is 240 g/mol. The average Bonchev–Trinajstić information content (AvgIpc) is 2.52. The highest BCUT2D eigenvalue weighted by Gasteiger charge is 2.35. The van der Waals surface area contributed by atoms with Crippen molar-refractivity contribution < 1.29 is 9.90 Å². The molecule has 1 heterocycles. The summed E-state index contributed by atoms with van der Waals surface area (Å²) in [4.78, 5) is 14.6. The third-order valence-electron chi connectivity index (χ3n) is 4.86. The highest BCUT2D eigenvalue weighted by Crippen LogP contribution is 2.30. The lowest BCUT2D eigenvalue weighted by molar-refractivity contribution is -0.137. The van der Waals surface area contributed by atoms with Crippen LogP contribution in [0.2, 0.25) is 0 Å². The number of hydrogen-bond acceptors (Lipinski definition) is 3. The minimum absolute atomic E-state index is 0.00759. The lowest BCUT2D eigenvalue weighted by Crippen LogP contribution is -2.47. The molecule has 0 radical (unpaired) electrons. The SMILES string of the molecule is CC1CCC(N)C(C(=O)N2CCCC(C)(O)CC2)C1. The van der Waals surface area contributed by atoms with E-state index in [0.717, 1.165) is 38.6 Å². The molecule has 0 bridgehead atoms. The van der Waals surface area contributed by atoms with Crippen molar-refractivity contribution in [3.05, 3.63) is 0 Å². The van der Waals surface area contributed by atoms with Gasteiger partial charge in [-0.25, -0.2) is 0 Å². The smallest absolute Gasteiger partial charge is 0.227 e. The van der Waals surface area contributed by atoms with Crippen LogP contribution in [0.5, 0.6) is 0 Å². The summed E-state index contributed by atoms with van der Waals surface area (Å²) in [5.41, 5.74) is 5.53. The van der Waals surface area contributed by atoms with Gasteiger partial charge in [0.05, 0.1) is 11.5 Å². The van der Waals surface area contributed by atoms with Crippen molar-refractivity contribution in [3.63, 3.8) is 0 Å². The maximum absolute atomic E-state index is 12.6. The molecule has 4 heteroatoms. The summed E-state index contributed by atoms with van der Waals surface area (Å²) < 4.78 is 0. The van der Waals surface area contributed by atoms with Gasteiger partial charge < -0.3 is 15.7 Å². The number of hydrogen-bond donors (Lipinski definition) is 2. The van der Waals surface area contributed by atoms with Crippen molar-refractivity contribution in [2.24, 2.45) is 17.6 Å². The van der Waals surface area contributed by atoms with Crippen LogP contribution in [0.15, 0.2) is 0 Å². The monoisotopic (exact) mass is 268 g/mol. The molecule has 1 aliphatic heterocycles. The topological polar surface area (TPSA) is 66.6 Å². The summed E-state index contributed by atoms with van der Waals surface area (Å²) in [5, 5.41) is 10.1. The second kappa shape index (κ2) is 5.80. The Morgan fingerprint density at radius 1 is 1.32 bits per heavy atom. The Hall–Kier alpha value is -0.610. The van der Waals surface area contributed by atoms with E-state index < -0.39 is 5.60 Å². The lowest BCUT2D eigenvalue weighted by Gasteiger charge is -2.35. The van der Waals surface area contributed by atoms with Gasteiger partial charge in [0.1, 0.15) is 0 Å². The summed E-state index contributed by atoms with van der Waals surface area (Å²) in [6.07, 6.45) is 5.37. The first kappa shape index (κ1) is 14.8. The Bertz CT molecular complexity index is 330. The standard InChI is InChI=1S/C15H28N2O2/c1-11-4-5-13(16)12(10-11)14(18)17-8-3-6-15(2,19)7-9-17/h11-13,19H,3-10,16H2,1-2H3. The predicted octanol–water partition coefficient (Wildman–Crippen LogP) is 1.51. The van der Waals surface area contributed by atoms with Gasteiger partial charge in [-0.15, -0.1) is 0 Å². The first-order valence-corrected chi connectivity index (χ1v) is 7.66. The van der Waals surface area contributed by atoms with Gasteiger partial charge in [-0.05, 0) is 51.4 Å². The number of nitrogens with two attached hydrogens (primary N) is 1. The van der Waals surface area contributed by atoms with Gasteiger partial charge in [0, 0.05) is 19.1 Å². The molecule has 4 unspecified atom stereocenters. The van der Waals surface area contributed by atoms with Gasteiger partial charge in [0.25, 0.3) is 0 Å². The van der Waals surface area contributed by atoms with Gasteiger partial charge >= 0.3 is 0 Å². The van der Waals surface area contributed by atoms with Crippen LogP contribution in [0, 0.1) is 11.8 Å². The Kier molecular flexibility index (Phi) is 4.51. The zero-order valence-corrected chi connectivity index (χ0v) is 12.3. The van der Waals surface area contributed by atoms with Crippen LogP contribution in [-0.2, 0) is 4.79 Å². The van der Waals surface area contributed by atoms with E-state index in [1.54, 1.807) is 0 Å². The molecule has 1 amide bonds. The van der Waals surface area contributed by atoms with Crippen molar-refractivity contribution in [3.8, 4) is 0 Å². The molecule has 0 aromatic rings. The molecule has 1 aliphatic carbocycles. The van der Waals surface area contributed by atoms with E-state index >= 15 is 0 Å². The van der Waals surface area contributed by atoms with Crippen LogP contribution in [-0.4, -0.2) is 40.6 Å². The molecule has 0 aromatic carbocycles. The molecule has 2 fully saturated rings. The molecule has 19 heavy (non-hydrogen) atoms. The third-order valence-corrected chi connectivity index (χ3v) is 4.86. The summed E-state index contributed by atoms with van der Waals surface area (Å²) in [5.74, 6) is 0.812. The van der Waals surface area contributed by atoms with E-state index in [2.05, 4.69) is 6.92 Å². The van der Waals surface area contributed by atoms with Crippen LogP contribution >= 0.6 is 0 Å². The zero-order valence-electron chi connectivity index (χ0n) is 12.3. The Balaban J connectivity index is 1.98. The molecule has 4 atom stereocenters.